The fourth-order valence-corrected chi connectivity index (χ4v) is 2.52. The van der Waals surface area contributed by atoms with Gasteiger partial charge in [0.25, 0.3) is 5.56 Å². The number of benzene rings is 1. The minimum atomic E-state index is -0.992. The normalized spacial score (nSPS) is 12.2. The van der Waals surface area contributed by atoms with Gasteiger partial charge < -0.3 is 10.4 Å². The van der Waals surface area contributed by atoms with Crippen LogP contribution in [0.2, 0.25) is 5.02 Å². The minimum absolute atomic E-state index is 0.0593. The van der Waals surface area contributed by atoms with Gasteiger partial charge in [0, 0.05) is 0 Å². The lowest BCUT2D eigenvalue weighted by Crippen LogP contribution is -2.32. The predicted molar refractivity (Wildman–Crippen MR) is 93.6 cm³/mol. The summed E-state index contributed by atoms with van der Waals surface area (Å²) >= 11 is 6.12. The molecule has 24 heavy (non-hydrogen) atoms. The first kappa shape index (κ1) is 18.0. The van der Waals surface area contributed by atoms with Crippen molar-refractivity contribution in [1.29, 1.82) is 0 Å². The molecule has 0 saturated carbocycles. The van der Waals surface area contributed by atoms with E-state index >= 15 is 0 Å². The maximum atomic E-state index is 12.3. The number of halogens is 1. The van der Waals surface area contributed by atoms with Gasteiger partial charge in [-0.1, -0.05) is 55.8 Å². The molecule has 128 valence electrons. The number of nitrogens with one attached hydrogen (secondary N) is 1. The molecule has 2 rings (SSSR count). The lowest BCUT2D eigenvalue weighted by Gasteiger charge is -2.18. The zero-order valence-corrected chi connectivity index (χ0v) is 14.3. The molecule has 0 spiro atoms. The van der Waals surface area contributed by atoms with E-state index in [2.05, 4.69) is 10.4 Å². The van der Waals surface area contributed by atoms with Gasteiger partial charge in [0.15, 0.2) is 0 Å². The molecule has 2 aromatic rings. The first-order chi connectivity index (χ1) is 11.4. The van der Waals surface area contributed by atoms with Crippen LogP contribution in [0.5, 0.6) is 0 Å². The van der Waals surface area contributed by atoms with Crippen molar-refractivity contribution in [3.63, 3.8) is 0 Å². The van der Waals surface area contributed by atoms with Crippen molar-refractivity contribution >= 4 is 23.3 Å². The second-order valence-electron chi connectivity index (χ2n) is 5.99. The molecule has 7 heteroatoms. The second kappa shape index (κ2) is 7.97. The fraction of sp³-hybridized carbons (Fsp3) is 0.353. The maximum Gasteiger partial charge on any atom is 0.326 e. The van der Waals surface area contributed by atoms with Crippen LogP contribution >= 0.6 is 11.6 Å². The summed E-state index contributed by atoms with van der Waals surface area (Å²) in [5.74, 6) is -0.808. The van der Waals surface area contributed by atoms with Crippen LogP contribution in [0.15, 0.2) is 41.3 Å². The van der Waals surface area contributed by atoms with E-state index in [0.717, 1.165) is 5.56 Å². The number of rotatable bonds is 7. The summed E-state index contributed by atoms with van der Waals surface area (Å²) in [4.78, 5) is 23.7. The molecule has 0 saturated heterocycles. The molecule has 0 aliphatic rings. The zero-order chi connectivity index (χ0) is 17.7. The van der Waals surface area contributed by atoms with Crippen LogP contribution in [0.1, 0.15) is 25.8 Å². The van der Waals surface area contributed by atoms with Crippen LogP contribution in [-0.4, -0.2) is 26.9 Å². The number of aliphatic carboxylic acids is 1. The standard InChI is InChI=1S/C17H20ClN3O3/c1-11(2)8-13(17(23)24)20-14-9-19-21(16(22)15(14)18)10-12-6-4-3-5-7-12/h3-7,9,11,13,20H,8,10H2,1-2H3,(H,23,24)/t13-/m1/s1. The van der Waals surface area contributed by atoms with Crippen LogP contribution in [0.25, 0.3) is 0 Å². The quantitative estimate of drug-likeness (QED) is 0.803. The van der Waals surface area contributed by atoms with E-state index in [1.54, 1.807) is 0 Å². The lowest BCUT2D eigenvalue weighted by atomic mass is 10.0. The molecule has 0 amide bonds. The summed E-state index contributed by atoms with van der Waals surface area (Å²) in [5, 5.41) is 16.1. The first-order valence-electron chi connectivity index (χ1n) is 7.67. The highest BCUT2D eigenvalue weighted by Gasteiger charge is 2.21. The largest absolute Gasteiger partial charge is 0.480 e. The van der Waals surface area contributed by atoms with Crippen molar-refractivity contribution in [3.8, 4) is 0 Å². The van der Waals surface area contributed by atoms with Gasteiger partial charge in [-0.2, -0.15) is 5.10 Å². The van der Waals surface area contributed by atoms with Crippen molar-refractivity contribution in [2.24, 2.45) is 5.92 Å². The maximum absolute atomic E-state index is 12.3. The molecule has 0 fully saturated rings. The van der Waals surface area contributed by atoms with Crippen LogP contribution in [-0.2, 0) is 11.3 Å². The Morgan fingerprint density at radius 2 is 2.00 bits per heavy atom. The Morgan fingerprint density at radius 3 is 2.58 bits per heavy atom. The predicted octanol–water partition coefficient (Wildman–Crippen LogP) is 2.86. The molecular formula is C17H20ClN3O3. The van der Waals surface area contributed by atoms with Gasteiger partial charge in [0.1, 0.15) is 11.1 Å². The summed E-state index contributed by atoms with van der Waals surface area (Å²) in [5.41, 5.74) is 0.699. The Morgan fingerprint density at radius 1 is 1.33 bits per heavy atom. The molecule has 6 nitrogen and oxygen atoms in total. The molecular weight excluding hydrogens is 330 g/mol. The number of anilines is 1. The summed E-state index contributed by atoms with van der Waals surface area (Å²) in [7, 11) is 0. The number of carbonyl (C=O) groups is 1. The smallest absolute Gasteiger partial charge is 0.326 e. The van der Waals surface area contributed by atoms with E-state index in [1.165, 1.54) is 10.9 Å². The molecule has 0 aliphatic heterocycles. The molecule has 0 unspecified atom stereocenters. The molecule has 1 aromatic carbocycles. The van der Waals surface area contributed by atoms with Gasteiger partial charge >= 0.3 is 5.97 Å². The zero-order valence-electron chi connectivity index (χ0n) is 13.6. The Hall–Kier alpha value is -2.34. The fourth-order valence-electron chi connectivity index (χ4n) is 2.32. The van der Waals surface area contributed by atoms with Gasteiger partial charge in [-0.15, -0.1) is 0 Å². The van der Waals surface area contributed by atoms with E-state index < -0.39 is 17.6 Å². The number of hydrogen-bond acceptors (Lipinski definition) is 4. The van der Waals surface area contributed by atoms with Crippen LogP contribution < -0.4 is 10.9 Å². The number of carboxylic acids is 1. The number of aromatic nitrogens is 2. The summed E-state index contributed by atoms with van der Waals surface area (Å²) in [6.45, 7) is 4.15. The monoisotopic (exact) mass is 349 g/mol. The number of nitrogens with zero attached hydrogens (tertiary/aromatic N) is 2. The average molecular weight is 350 g/mol. The lowest BCUT2D eigenvalue weighted by molar-refractivity contribution is -0.138. The highest BCUT2D eigenvalue weighted by molar-refractivity contribution is 6.33. The van der Waals surface area contributed by atoms with E-state index in [9.17, 15) is 14.7 Å². The molecule has 2 N–H and O–H groups in total. The SMILES string of the molecule is CC(C)C[C@@H](Nc1cnn(Cc2ccccc2)c(=O)c1Cl)C(=O)O. The number of carboxylic acid groups (broad SMARTS) is 1. The highest BCUT2D eigenvalue weighted by atomic mass is 35.5. The molecule has 1 aromatic heterocycles. The molecule has 0 radical (unpaired) electrons. The van der Waals surface area contributed by atoms with Gasteiger partial charge in [-0.05, 0) is 17.9 Å². The van der Waals surface area contributed by atoms with Crippen molar-refractivity contribution in [1.82, 2.24) is 9.78 Å². The summed E-state index contributed by atoms with van der Waals surface area (Å²) < 4.78 is 1.25. The number of hydrogen-bond donors (Lipinski definition) is 2. The highest BCUT2D eigenvalue weighted by Crippen LogP contribution is 2.19. The molecule has 1 atom stereocenters. The third-order valence-corrected chi connectivity index (χ3v) is 3.86. The Kier molecular flexibility index (Phi) is 5.98. The van der Waals surface area contributed by atoms with Crippen LogP contribution in [0.4, 0.5) is 5.69 Å². The first-order valence-corrected chi connectivity index (χ1v) is 8.05. The van der Waals surface area contributed by atoms with E-state index in [1.807, 2.05) is 44.2 Å². The minimum Gasteiger partial charge on any atom is -0.480 e. The van der Waals surface area contributed by atoms with Crippen molar-refractivity contribution < 1.29 is 9.90 Å². The third-order valence-electron chi connectivity index (χ3n) is 3.49. The molecule has 1 heterocycles. The Labute approximate surface area is 145 Å². The van der Waals surface area contributed by atoms with Crippen molar-refractivity contribution in [2.45, 2.75) is 32.9 Å². The van der Waals surface area contributed by atoms with E-state index in [0.29, 0.717) is 13.0 Å². The summed E-state index contributed by atoms with van der Waals surface area (Å²) in [6, 6.07) is 8.59. The average Bonchev–Trinajstić information content (AvgIpc) is 2.54. The Balaban J connectivity index is 2.23. The van der Waals surface area contributed by atoms with Gasteiger partial charge in [0.05, 0.1) is 18.4 Å². The van der Waals surface area contributed by atoms with Gasteiger partial charge in [-0.25, -0.2) is 9.48 Å². The van der Waals surface area contributed by atoms with Gasteiger partial charge in [-0.3, -0.25) is 4.79 Å². The Bertz CT molecular complexity index is 759. The third kappa shape index (κ3) is 4.58. The van der Waals surface area contributed by atoms with E-state index in [4.69, 9.17) is 11.6 Å². The summed E-state index contributed by atoms with van der Waals surface area (Å²) in [6.07, 6.45) is 1.81. The van der Waals surface area contributed by atoms with Gasteiger partial charge in [0.2, 0.25) is 0 Å². The van der Waals surface area contributed by atoms with Crippen molar-refractivity contribution in [3.05, 3.63) is 57.5 Å². The topological polar surface area (TPSA) is 84.2 Å². The van der Waals surface area contributed by atoms with Crippen LogP contribution in [0.3, 0.4) is 0 Å². The van der Waals surface area contributed by atoms with Crippen molar-refractivity contribution in [2.75, 3.05) is 5.32 Å². The molecule has 0 aliphatic carbocycles. The van der Waals surface area contributed by atoms with Crippen LogP contribution in [0, 0.1) is 5.92 Å². The second-order valence-corrected chi connectivity index (χ2v) is 6.36. The molecule has 0 bridgehead atoms. The van der Waals surface area contributed by atoms with E-state index in [-0.39, 0.29) is 16.6 Å².